The number of aromatic nitrogens is 1. The minimum Gasteiger partial charge on any atom is -0.497 e. The highest BCUT2D eigenvalue weighted by Crippen LogP contribution is 2.13. The van der Waals surface area contributed by atoms with Crippen LogP contribution in [0.5, 0.6) is 5.75 Å². The van der Waals surface area contributed by atoms with Gasteiger partial charge in [-0.1, -0.05) is 30.3 Å². The highest BCUT2D eigenvalue weighted by molar-refractivity contribution is 5.97. The van der Waals surface area contributed by atoms with Gasteiger partial charge in [-0.25, -0.2) is 0 Å². The molecule has 0 aliphatic carbocycles. The molecular formula is C18H16N2O2. The van der Waals surface area contributed by atoms with E-state index in [0.29, 0.717) is 12.1 Å². The molecular weight excluding hydrogens is 276 g/mol. The average Bonchev–Trinajstić information content (AvgIpc) is 2.59. The van der Waals surface area contributed by atoms with Crippen molar-refractivity contribution >= 4 is 16.8 Å². The van der Waals surface area contributed by atoms with Gasteiger partial charge in [0.15, 0.2) is 0 Å². The largest absolute Gasteiger partial charge is 0.497 e. The second kappa shape index (κ2) is 6.26. The summed E-state index contributed by atoms with van der Waals surface area (Å²) in [6.07, 6.45) is 1.60. The van der Waals surface area contributed by atoms with E-state index in [1.54, 1.807) is 13.3 Å². The van der Waals surface area contributed by atoms with Gasteiger partial charge in [0.05, 0.1) is 18.2 Å². The minimum absolute atomic E-state index is 0.130. The molecule has 1 N–H and O–H groups in total. The number of methoxy groups -OCH3 is 1. The van der Waals surface area contributed by atoms with Crippen LogP contribution < -0.4 is 10.1 Å². The molecule has 0 unspecified atom stereocenters. The number of pyridine rings is 1. The molecule has 3 aromatic rings. The molecule has 110 valence electrons. The number of carbonyl (C=O) groups is 1. The van der Waals surface area contributed by atoms with Crippen LogP contribution in [0.15, 0.2) is 60.8 Å². The molecule has 0 fully saturated rings. The van der Waals surface area contributed by atoms with Crippen LogP contribution in [0, 0.1) is 0 Å². The third-order valence-electron chi connectivity index (χ3n) is 3.46. The topological polar surface area (TPSA) is 51.2 Å². The molecule has 0 saturated carbocycles. The number of para-hydroxylation sites is 1. The van der Waals surface area contributed by atoms with Crippen molar-refractivity contribution in [2.24, 2.45) is 0 Å². The van der Waals surface area contributed by atoms with Gasteiger partial charge in [-0.15, -0.1) is 0 Å². The predicted molar refractivity (Wildman–Crippen MR) is 85.9 cm³/mol. The summed E-state index contributed by atoms with van der Waals surface area (Å²) in [4.78, 5) is 16.5. The van der Waals surface area contributed by atoms with Crippen molar-refractivity contribution in [3.05, 3.63) is 71.9 Å². The fourth-order valence-electron chi connectivity index (χ4n) is 2.22. The molecule has 2 aromatic carbocycles. The van der Waals surface area contributed by atoms with Crippen LogP contribution >= 0.6 is 0 Å². The first-order valence-corrected chi connectivity index (χ1v) is 7.02. The summed E-state index contributed by atoms with van der Waals surface area (Å²) in [5.41, 5.74) is 2.46. The van der Waals surface area contributed by atoms with Crippen LogP contribution in [0.3, 0.4) is 0 Å². The van der Waals surface area contributed by atoms with Crippen molar-refractivity contribution in [2.45, 2.75) is 6.54 Å². The molecule has 22 heavy (non-hydrogen) atoms. The van der Waals surface area contributed by atoms with Crippen molar-refractivity contribution in [1.29, 1.82) is 0 Å². The van der Waals surface area contributed by atoms with E-state index in [9.17, 15) is 4.79 Å². The number of fused-ring (bicyclic) bond motifs is 1. The van der Waals surface area contributed by atoms with Crippen LogP contribution in [-0.2, 0) is 6.54 Å². The second-order valence-electron chi connectivity index (χ2n) is 4.95. The number of carbonyl (C=O) groups excluding carboxylic acids is 1. The SMILES string of the molecule is COc1ccc(CNC(=O)c2cnc3ccccc3c2)cc1. The summed E-state index contributed by atoms with van der Waals surface area (Å²) in [5, 5.41) is 3.86. The van der Waals surface area contributed by atoms with Crippen molar-refractivity contribution in [3.8, 4) is 5.75 Å². The zero-order chi connectivity index (χ0) is 15.4. The van der Waals surface area contributed by atoms with Gasteiger partial charge in [-0.3, -0.25) is 9.78 Å². The fraction of sp³-hybridized carbons (Fsp3) is 0.111. The zero-order valence-electron chi connectivity index (χ0n) is 12.2. The molecule has 0 aliphatic heterocycles. The van der Waals surface area contributed by atoms with E-state index < -0.39 is 0 Å². The Hall–Kier alpha value is -2.88. The zero-order valence-corrected chi connectivity index (χ0v) is 12.2. The maximum absolute atomic E-state index is 12.2. The smallest absolute Gasteiger partial charge is 0.253 e. The number of benzene rings is 2. The lowest BCUT2D eigenvalue weighted by atomic mass is 10.1. The Balaban J connectivity index is 1.69. The molecule has 1 heterocycles. The minimum atomic E-state index is -0.130. The summed E-state index contributed by atoms with van der Waals surface area (Å²) < 4.78 is 5.11. The molecule has 0 aliphatic rings. The number of hydrogen-bond acceptors (Lipinski definition) is 3. The van der Waals surface area contributed by atoms with E-state index >= 15 is 0 Å². The standard InChI is InChI=1S/C18H16N2O2/c1-22-16-8-6-13(7-9-16)11-20-18(21)15-10-14-4-2-3-5-17(14)19-12-15/h2-10,12H,11H2,1H3,(H,20,21). The maximum atomic E-state index is 12.2. The van der Waals surface area contributed by atoms with Crippen molar-refractivity contribution in [2.75, 3.05) is 7.11 Å². The Morgan fingerprint density at radius 3 is 2.68 bits per heavy atom. The first-order chi connectivity index (χ1) is 10.8. The fourth-order valence-corrected chi connectivity index (χ4v) is 2.22. The number of ether oxygens (including phenoxy) is 1. The van der Waals surface area contributed by atoms with Gasteiger partial charge in [0.25, 0.3) is 5.91 Å². The van der Waals surface area contributed by atoms with Crippen LogP contribution in [0.25, 0.3) is 10.9 Å². The van der Waals surface area contributed by atoms with Gasteiger partial charge in [0.1, 0.15) is 5.75 Å². The Morgan fingerprint density at radius 2 is 1.91 bits per heavy atom. The normalized spacial score (nSPS) is 10.4. The Bertz CT molecular complexity index is 798. The molecule has 4 heteroatoms. The number of rotatable bonds is 4. The first kappa shape index (κ1) is 14.1. The highest BCUT2D eigenvalue weighted by atomic mass is 16.5. The van der Waals surface area contributed by atoms with Crippen molar-refractivity contribution in [3.63, 3.8) is 0 Å². The quantitative estimate of drug-likeness (QED) is 0.803. The molecule has 0 bridgehead atoms. The number of nitrogens with zero attached hydrogens (tertiary/aromatic N) is 1. The van der Waals surface area contributed by atoms with E-state index in [2.05, 4.69) is 10.3 Å². The van der Waals surface area contributed by atoms with Crippen molar-refractivity contribution in [1.82, 2.24) is 10.3 Å². The van der Waals surface area contributed by atoms with Gasteiger partial charge in [0.2, 0.25) is 0 Å². The predicted octanol–water partition coefficient (Wildman–Crippen LogP) is 3.17. The van der Waals surface area contributed by atoms with Gasteiger partial charge in [0, 0.05) is 18.1 Å². The molecule has 0 radical (unpaired) electrons. The number of nitrogens with one attached hydrogen (secondary N) is 1. The second-order valence-corrected chi connectivity index (χ2v) is 4.95. The number of amides is 1. The highest BCUT2D eigenvalue weighted by Gasteiger charge is 2.07. The lowest BCUT2D eigenvalue weighted by molar-refractivity contribution is 0.0950. The Kier molecular flexibility index (Phi) is 4.01. The molecule has 0 spiro atoms. The molecule has 4 nitrogen and oxygen atoms in total. The van der Waals surface area contributed by atoms with E-state index in [0.717, 1.165) is 22.2 Å². The molecule has 1 aromatic heterocycles. The van der Waals surface area contributed by atoms with E-state index in [4.69, 9.17) is 4.74 Å². The summed E-state index contributed by atoms with van der Waals surface area (Å²) in [7, 11) is 1.63. The molecule has 0 saturated heterocycles. The third-order valence-corrected chi connectivity index (χ3v) is 3.46. The molecule has 3 rings (SSSR count). The van der Waals surface area contributed by atoms with Gasteiger partial charge < -0.3 is 10.1 Å². The van der Waals surface area contributed by atoms with Gasteiger partial charge in [-0.2, -0.15) is 0 Å². The van der Waals surface area contributed by atoms with Gasteiger partial charge >= 0.3 is 0 Å². The van der Waals surface area contributed by atoms with Crippen LogP contribution in [0.1, 0.15) is 15.9 Å². The maximum Gasteiger partial charge on any atom is 0.253 e. The average molecular weight is 292 g/mol. The van der Waals surface area contributed by atoms with E-state index in [-0.39, 0.29) is 5.91 Å². The molecule has 0 atom stereocenters. The Morgan fingerprint density at radius 1 is 1.14 bits per heavy atom. The summed E-state index contributed by atoms with van der Waals surface area (Å²) >= 11 is 0. The summed E-state index contributed by atoms with van der Waals surface area (Å²) in [6.45, 7) is 0.468. The molecule has 1 amide bonds. The van der Waals surface area contributed by atoms with Crippen molar-refractivity contribution < 1.29 is 9.53 Å². The first-order valence-electron chi connectivity index (χ1n) is 7.02. The van der Waals surface area contributed by atoms with Gasteiger partial charge in [-0.05, 0) is 29.8 Å². The Labute approximate surface area is 128 Å². The summed E-state index contributed by atoms with van der Waals surface area (Å²) in [5.74, 6) is 0.669. The monoisotopic (exact) mass is 292 g/mol. The van der Waals surface area contributed by atoms with E-state index in [1.807, 2.05) is 54.6 Å². The number of hydrogen-bond donors (Lipinski definition) is 1. The third kappa shape index (κ3) is 3.06. The van der Waals surface area contributed by atoms with Crippen LogP contribution in [0.4, 0.5) is 0 Å². The van der Waals surface area contributed by atoms with Crippen LogP contribution in [0.2, 0.25) is 0 Å². The lowest BCUT2D eigenvalue weighted by Gasteiger charge is -2.07. The lowest BCUT2D eigenvalue weighted by Crippen LogP contribution is -2.22. The van der Waals surface area contributed by atoms with E-state index in [1.165, 1.54) is 0 Å². The summed E-state index contributed by atoms with van der Waals surface area (Å²) in [6, 6.07) is 17.2. The van der Waals surface area contributed by atoms with Crippen LogP contribution in [-0.4, -0.2) is 18.0 Å².